The average Bonchev–Trinajstić information content (AvgIpc) is 2.94. The van der Waals surface area contributed by atoms with Gasteiger partial charge in [-0.2, -0.15) is 13.2 Å². The van der Waals surface area contributed by atoms with E-state index < -0.39 is 11.7 Å². The number of aromatic nitrogens is 1. The number of ether oxygens (including phenoxy) is 2. The number of benzene rings is 1. The maximum Gasteiger partial charge on any atom is 0.417 e. The number of alkyl halides is 3. The molecule has 29 heavy (non-hydrogen) atoms. The predicted octanol–water partition coefficient (Wildman–Crippen LogP) is 4.35. The number of nitrogens with zero attached hydrogens (tertiary/aromatic N) is 3. The van der Waals surface area contributed by atoms with Gasteiger partial charge in [0.15, 0.2) is 11.5 Å². The molecule has 0 atom stereocenters. The molecule has 3 heterocycles. The second-order valence-electron chi connectivity index (χ2n) is 7.11. The first-order valence-electron chi connectivity index (χ1n) is 9.49. The Bertz CT molecular complexity index is 861. The Morgan fingerprint density at radius 1 is 1.00 bits per heavy atom. The molecular weight excluding hydrogens is 451 g/mol. The summed E-state index contributed by atoms with van der Waals surface area (Å²) in [6.45, 7) is 5.02. The zero-order valence-electron chi connectivity index (χ0n) is 15.7. The third-order valence-corrected chi connectivity index (χ3v) is 5.83. The summed E-state index contributed by atoms with van der Waals surface area (Å²) in [7, 11) is 0. The van der Waals surface area contributed by atoms with Crippen molar-refractivity contribution in [1.82, 2.24) is 9.88 Å². The highest BCUT2D eigenvalue weighted by molar-refractivity contribution is 9.10. The molecule has 9 heteroatoms. The lowest BCUT2D eigenvalue weighted by Crippen LogP contribution is -2.31. The molecule has 2 aliphatic rings. The molecule has 0 bridgehead atoms. The monoisotopic (exact) mass is 471 g/mol. The van der Waals surface area contributed by atoms with Crippen LogP contribution >= 0.6 is 15.9 Å². The fourth-order valence-electron chi connectivity index (χ4n) is 3.57. The molecule has 4 rings (SSSR count). The maximum absolute atomic E-state index is 12.7. The van der Waals surface area contributed by atoms with E-state index in [1.165, 1.54) is 6.07 Å². The lowest BCUT2D eigenvalue weighted by molar-refractivity contribution is -0.137. The van der Waals surface area contributed by atoms with Gasteiger partial charge in [-0.25, -0.2) is 4.98 Å². The molecule has 1 saturated heterocycles. The fraction of sp³-hybridized carbons (Fsp3) is 0.450. The van der Waals surface area contributed by atoms with Crippen LogP contribution in [0.15, 0.2) is 34.9 Å². The van der Waals surface area contributed by atoms with Gasteiger partial charge >= 0.3 is 6.18 Å². The van der Waals surface area contributed by atoms with Crippen molar-refractivity contribution in [3.05, 3.63) is 46.1 Å². The van der Waals surface area contributed by atoms with E-state index >= 15 is 0 Å². The van der Waals surface area contributed by atoms with Crippen LogP contribution in [0.1, 0.15) is 17.5 Å². The van der Waals surface area contributed by atoms with Gasteiger partial charge in [0.25, 0.3) is 0 Å². The van der Waals surface area contributed by atoms with Gasteiger partial charge in [-0.3, -0.25) is 4.90 Å². The van der Waals surface area contributed by atoms with Crippen LogP contribution in [0.2, 0.25) is 0 Å². The van der Waals surface area contributed by atoms with Crippen LogP contribution in [0, 0.1) is 0 Å². The fourth-order valence-corrected chi connectivity index (χ4v) is 4.01. The highest BCUT2D eigenvalue weighted by Gasteiger charge is 2.31. The van der Waals surface area contributed by atoms with Gasteiger partial charge in [0.2, 0.25) is 0 Å². The van der Waals surface area contributed by atoms with E-state index in [4.69, 9.17) is 9.47 Å². The number of anilines is 1. The Kier molecular flexibility index (Phi) is 5.87. The Morgan fingerprint density at radius 3 is 2.45 bits per heavy atom. The maximum atomic E-state index is 12.7. The van der Waals surface area contributed by atoms with E-state index in [1.807, 2.05) is 17.0 Å². The van der Waals surface area contributed by atoms with E-state index in [1.54, 1.807) is 0 Å². The summed E-state index contributed by atoms with van der Waals surface area (Å²) in [5.74, 6) is 2.10. The van der Waals surface area contributed by atoms with Crippen LogP contribution in [-0.4, -0.2) is 49.3 Å². The molecular formula is C20H21BrF3N3O2. The summed E-state index contributed by atoms with van der Waals surface area (Å²) in [6.07, 6.45) is -2.55. The quantitative estimate of drug-likeness (QED) is 0.665. The summed E-state index contributed by atoms with van der Waals surface area (Å²) < 4.78 is 50.5. The minimum Gasteiger partial charge on any atom is -0.486 e. The Labute approximate surface area is 175 Å². The molecule has 1 aromatic carbocycles. The summed E-state index contributed by atoms with van der Waals surface area (Å²) in [5.41, 5.74) is 0.400. The van der Waals surface area contributed by atoms with E-state index in [0.29, 0.717) is 25.6 Å². The number of hydrogen-bond acceptors (Lipinski definition) is 5. The molecule has 2 aliphatic heterocycles. The van der Waals surface area contributed by atoms with Crippen LogP contribution in [0.4, 0.5) is 19.0 Å². The minimum atomic E-state index is -4.36. The summed E-state index contributed by atoms with van der Waals surface area (Å²) >= 11 is 3.62. The minimum absolute atomic E-state index is 0.548. The third kappa shape index (κ3) is 4.78. The molecule has 0 saturated carbocycles. The van der Waals surface area contributed by atoms with Crippen molar-refractivity contribution in [3.63, 3.8) is 0 Å². The van der Waals surface area contributed by atoms with Gasteiger partial charge in [-0.15, -0.1) is 0 Å². The van der Waals surface area contributed by atoms with Gasteiger partial charge in [-0.1, -0.05) is 15.9 Å². The van der Waals surface area contributed by atoms with Crippen molar-refractivity contribution in [2.24, 2.45) is 0 Å². The zero-order chi connectivity index (χ0) is 20.4. The first-order chi connectivity index (χ1) is 13.9. The largest absolute Gasteiger partial charge is 0.486 e. The van der Waals surface area contributed by atoms with E-state index in [2.05, 4.69) is 25.8 Å². The van der Waals surface area contributed by atoms with Gasteiger partial charge < -0.3 is 14.4 Å². The normalized spacial score (nSPS) is 17.9. The second kappa shape index (κ2) is 8.39. The highest BCUT2D eigenvalue weighted by Crippen LogP contribution is 2.36. The van der Waals surface area contributed by atoms with E-state index in [0.717, 1.165) is 66.4 Å². The average molecular weight is 472 g/mol. The third-order valence-electron chi connectivity index (χ3n) is 5.09. The number of pyridine rings is 1. The molecule has 0 unspecified atom stereocenters. The molecule has 156 valence electrons. The molecule has 0 spiro atoms. The Hall–Kier alpha value is -2.00. The van der Waals surface area contributed by atoms with Gasteiger partial charge in [0.05, 0.1) is 5.56 Å². The summed E-state index contributed by atoms with van der Waals surface area (Å²) in [4.78, 5) is 8.41. The summed E-state index contributed by atoms with van der Waals surface area (Å²) in [5, 5.41) is 0. The summed E-state index contributed by atoms with van der Waals surface area (Å²) in [6, 6.07) is 6.51. The Morgan fingerprint density at radius 2 is 1.76 bits per heavy atom. The molecule has 0 amide bonds. The van der Waals surface area contributed by atoms with Crippen LogP contribution in [0.3, 0.4) is 0 Å². The lowest BCUT2D eigenvalue weighted by atomic mass is 10.1. The molecule has 0 N–H and O–H groups in total. The topological polar surface area (TPSA) is 37.8 Å². The second-order valence-corrected chi connectivity index (χ2v) is 7.96. The van der Waals surface area contributed by atoms with E-state index in [-0.39, 0.29) is 0 Å². The molecule has 0 aliphatic carbocycles. The van der Waals surface area contributed by atoms with Gasteiger partial charge in [0, 0.05) is 43.4 Å². The first-order valence-corrected chi connectivity index (χ1v) is 10.3. The van der Waals surface area contributed by atoms with Crippen LogP contribution in [0.25, 0.3) is 0 Å². The predicted molar refractivity (Wildman–Crippen MR) is 106 cm³/mol. The van der Waals surface area contributed by atoms with E-state index in [9.17, 15) is 13.2 Å². The molecule has 1 aromatic heterocycles. The first kappa shape index (κ1) is 20.3. The molecule has 0 radical (unpaired) electrons. The number of fused-ring (bicyclic) bond motifs is 1. The van der Waals surface area contributed by atoms with Crippen molar-refractivity contribution in [2.75, 3.05) is 44.3 Å². The zero-order valence-corrected chi connectivity index (χ0v) is 17.3. The van der Waals surface area contributed by atoms with Crippen molar-refractivity contribution in [1.29, 1.82) is 0 Å². The van der Waals surface area contributed by atoms with Crippen molar-refractivity contribution < 1.29 is 22.6 Å². The van der Waals surface area contributed by atoms with Crippen LogP contribution in [0.5, 0.6) is 11.5 Å². The number of hydrogen-bond donors (Lipinski definition) is 0. The van der Waals surface area contributed by atoms with Crippen LogP contribution in [-0.2, 0) is 12.7 Å². The van der Waals surface area contributed by atoms with Gasteiger partial charge in [-0.05, 0) is 36.2 Å². The highest BCUT2D eigenvalue weighted by atomic mass is 79.9. The Balaban J connectivity index is 1.40. The van der Waals surface area contributed by atoms with Crippen molar-refractivity contribution >= 4 is 21.7 Å². The van der Waals surface area contributed by atoms with Crippen LogP contribution < -0.4 is 14.4 Å². The molecule has 1 fully saturated rings. The number of halogens is 4. The van der Waals surface area contributed by atoms with Gasteiger partial charge in [0.1, 0.15) is 19.0 Å². The van der Waals surface area contributed by atoms with Crippen molar-refractivity contribution in [2.45, 2.75) is 19.1 Å². The molecule has 5 nitrogen and oxygen atoms in total. The smallest absolute Gasteiger partial charge is 0.417 e. The van der Waals surface area contributed by atoms with Crippen molar-refractivity contribution in [3.8, 4) is 11.5 Å². The molecule has 2 aromatic rings. The standard InChI is InChI=1S/C20H21BrF3N3O2/c21-16-11-18-17(28-8-9-29-18)10-14(16)13-26-4-1-5-27(7-6-26)19-3-2-15(12-25-19)20(22,23)24/h2-3,10-12H,1,4-9,13H2. The number of rotatable bonds is 3. The SMILES string of the molecule is FC(F)(F)c1ccc(N2CCCN(Cc3cc4c(cc3Br)OCCO4)CC2)nc1. The lowest BCUT2D eigenvalue weighted by Gasteiger charge is -2.24.